The third kappa shape index (κ3) is 4.25. The summed E-state index contributed by atoms with van der Waals surface area (Å²) in [6.45, 7) is 6.91. The van der Waals surface area contributed by atoms with Gasteiger partial charge in [-0.1, -0.05) is 17.4 Å². The smallest absolute Gasteiger partial charge is 0.321 e. The van der Waals surface area contributed by atoms with E-state index >= 15 is 0 Å². The topological polar surface area (TPSA) is 76.2 Å². The van der Waals surface area contributed by atoms with E-state index in [9.17, 15) is 4.79 Å². The molecule has 1 saturated heterocycles. The molecule has 170 valence electrons. The summed E-state index contributed by atoms with van der Waals surface area (Å²) in [6, 6.07) is 7.64. The Morgan fingerprint density at radius 2 is 1.62 bits per heavy atom. The molecule has 0 saturated carbocycles. The van der Waals surface area contributed by atoms with Crippen molar-refractivity contribution >= 4 is 38.4 Å². The highest BCUT2D eigenvalue weighted by Crippen LogP contribution is 2.40. The molecule has 1 N–H and O–H groups in total. The van der Waals surface area contributed by atoms with Gasteiger partial charge in [0.25, 0.3) is 0 Å². The molecule has 1 aromatic heterocycles. The number of carbonyl (C=O) groups excluding carboxylic acids is 1. The van der Waals surface area contributed by atoms with Crippen molar-refractivity contribution < 1.29 is 19.0 Å². The van der Waals surface area contributed by atoms with E-state index in [2.05, 4.69) is 36.2 Å². The number of methoxy groups -OCH3 is 3. The number of amides is 2. The summed E-state index contributed by atoms with van der Waals surface area (Å²) < 4.78 is 17.3. The van der Waals surface area contributed by atoms with E-state index in [0.717, 1.165) is 23.7 Å². The Labute approximate surface area is 191 Å². The first kappa shape index (κ1) is 22.0. The number of piperazine rings is 1. The molecule has 0 bridgehead atoms. The summed E-state index contributed by atoms with van der Waals surface area (Å²) in [5.41, 5.74) is 4.10. The highest BCUT2D eigenvalue weighted by molar-refractivity contribution is 7.22. The number of ether oxygens (including phenoxy) is 3. The quantitative estimate of drug-likeness (QED) is 0.617. The lowest BCUT2D eigenvalue weighted by Crippen LogP contribution is -2.50. The van der Waals surface area contributed by atoms with E-state index in [1.54, 1.807) is 44.8 Å². The second-order valence-electron chi connectivity index (χ2n) is 7.74. The Bertz CT molecular complexity index is 1110. The van der Waals surface area contributed by atoms with Crippen LogP contribution in [-0.4, -0.2) is 63.4 Å². The maximum absolute atomic E-state index is 12.9. The van der Waals surface area contributed by atoms with Crippen molar-refractivity contribution in [3.63, 3.8) is 0 Å². The minimum atomic E-state index is -0.158. The van der Waals surface area contributed by atoms with E-state index in [4.69, 9.17) is 19.2 Å². The zero-order valence-corrected chi connectivity index (χ0v) is 19.8. The molecule has 0 atom stereocenters. The minimum Gasteiger partial charge on any atom is -0.493 e. The Morgan fingerprint density at radius 1 is 0.969 bits per heavy atom. The standard InChI is InChI=1S/C23H28N4O4S/c1-14-10-15(2)20-19(11-14)32-23(25-20)27-8-6-26(7-9-27)22(28)24-16-12-17(29-3)21(31-5)18(13-16)30-4/h10-13H,6-9H2,1-5H3,(H,24,28). The lowest BCUT2D eigenvalue weighted by molar-refractivity contribution is 0.208. The number of aryl methyl sites for hydroxylation is 2. The van der Waals surface area contributed by atoms with Gasteiger partial charge in [0, 0.05) is 38.3 Å². The van der Waals surface area contributed by atoms with Gasteiger partial charge in [0.05, 0.1) is 37.2 Å². The average Bonchev–Trinajstić information content (AvgIpc) is 3.22. The summed E-state index contributed by atoms with van der Waals surface area (Å²) in [5, 5.41) is 3.95. The maximum Gasteiger partial charge on any atom is 0.321 e. The number of aromatic nitrogens is 1. The van der Waals surface area contributed by atoms with Crippen molar-refractivity contribution in [2.45, 2.75) is 13.8 Å². The molecule has 2 heterocycles. The maximum atomic E-state index is 12.9. The number of rotatable bonds is 5. The van der Waals surface area contributed by atoms with Gasteiger partial charge in [-0.05, 0) is 31.0 Å². The van der Waals surface area contributed by atoms with E-state index in [-0.39, 0.29) is 6.03 Å². The van der Waals surface area contributed by atoms with Gasteiger partial charge < -0.3 is 29.3 Å². The van der Waals surface area contributed by atoms with Crippen LogP contribution in [0.25, 0.3) is 10.2 Å². The average molecular weight is 457 g/mol. The van der Waals surface area contributed by atoms with Gasteiger partial charge in [-0.3, -0.25) is 0 Å². The first-order chi connectivity index (χ1) is 15.4. The molecule has 0 spiro atoms. The van der Waals surface area contributed by atoms with Crippen molar-refractivity contribution in [1.82, 2.24) is 9.88 Å². The number of hydrogen-bond acceptors (Lipinski definition) is 7. The molecule has 8 nitrogen and oxygen atoms in total. The third-order valence-corrected chi connectivity index (χ3v) is 6.64. The normalized spacial score (nSPS) is 13.9. The summed E-state index contributed by atoms with van der Waals surface area (Å²) in [5.74, 6) is 1.48. The number of nitrogens with one attached hydrogen (secondary N) is 1. The molecule has 4 rings (SSSR count). The fraction of sp³-hybridized carbons (Fsp3) is 0.391. The number of carbonyl (C=O) groups is 1. The summed E-state index contributed by atoms with van der Waals surface area (Å²) in [6.07, 6.45) is 0. The van der Waals surface area contributed by atoms with Crippen LogP contribution in [0.3, 0.4) is 0 Å². The first-order valence-corrected chi connectivity index (χ1v) is 11.2. The van der Waals surface area contributed by atoms with Gasteiger partial charge in [-0.15, -0.1) is 0 Å². The zero-order chi connectivity index (χ0) is 22.8. The van der Waals surface area contributed by atoms with Crippen LogP contribution in [0.4, 0.5) is 15.6 Å². The first-order valence-electron chi connectivity index (χ1n) is 10.4. The van der Waals surface area contributed by atoms with Gasteiger partial charge in [0.15, 0.2) is 16.6 Å². The Hall–Kier alpha value is -3.20. The number of thiazole rings is 1. The van der Waals surface area contributed by atoms with Crippen LogP contribution in [0.2, 0.25) is 0 Å². The zero-order valence-electron chi connectivity index (χ0n) is 19.0. The molecular formula is C23H28N4O4S. The van der Waals surface area contributed by atoms with Gasteiger partial charge in [0.1, 0.15) is 0 Å². The molecule has 1 aliphatic heterocycles. The largest absolute Gasteiger partial charge is 0.493 e. The van der Waals surface area contributed by atoms with E-state index in [1.807, 2.05) is 4.90 Å². The molecule has 2 amide bonds. The minimum absolute atomic E-state index is 0.158. The molecule has 1 fully saturated rings. The van der Waals surface area contributed by atoms with E-state index in [1.165, 1.54) is 15.8 Å². The van der Waals surface area contributed by atoms with Gasteiger partial charge in [0.2, 0.25) is 5.75 Å². The molecular weight excluding hydrogens is 428 g/mol. The van der Waals surface area contributed by atoms with Crippen molar-refractivity contribution in [1.29, 1.82) is 0 Å². The number of benzene rings is 2. The highest BCUT2D eigenvalue weighted by Gasteiger charge is 2.24. The van der Waals surface area contributed by atoms with E-state index in [0.29, 0.717) is 36.0 Å². The fourth-order valence-corrected chi connectivity index (χ4v) is 5.14. The monoisotopic (exact) mass is 456 g/mol. The van der Waals surface area contributed by atoms with Crippen molar-refractivity contribution in [3.8, 4) is 17.2 Å². The fourth-order valence-electron chi connectivity index (χ4n) is 3.95. The van der Waals surface area contributed by atoms with Crippen LogP contribution in [0.1, 0.15) is 11.1 Å². The Balaban J connectivity index is 1.42. The number of urea groups is 1. The number of nitrogens with zero attached hydrogens (tertiary/aromatic N) is 3. The molecule has 0 radical (unpaired) electrons. The molecule has 32 heavy (non-hydrogen) atoms. The van der Waals surface area contributed by atoms with E-state index < -0.39 is 0 Å². The predicted molar refractivity (Wildman–Crippen MR) is 128 cm³/mol. The molecule has 2 aromatic carbocycles. The second kappa shape index (κ2) is 9.12. The van der Waals surface area contributed by atoms with Crippen LogP contribution in [0, 0.1) is 13.8 Å². The van der Waals surface area contributed by atoms with Crippen molar-refractivity contribution in [2.75, 3.05) is 57.7 Å². The summed E-state index contributed by atoms with van der Waals surface area (Å²) >= 11 is 1.71. The molecule has 0 aliphatic carbocycles. The van der Waals surface area contributed by atoms with Gasteiger partial charge in [-0.25, -0.2) is 9.78 Å². The SMILES string of the molecule is COc1cc(NC(=O)N2CCN(c3nc4c(C)cc(C)cc4s3)CC2)cc(OC)c1OC. The van der Waals surface area contributed by atoms with Crippen LogP contribution >= 0.6 is 11.3 Å². The highest BCUT2D eigenvalue weighted by atomic mass is 32.1. The number of anilines is 2. The Kier molecular flexibility index (Phi) is 6.27. The van der Waals surface area contributed by atoms with Gasteiger partial charge >= 0.3 is 6.03 Å². The lowest BCUT2D eigenvalue weighted by atomic mass is 10.1. The second-order valence-corrected chi connectivity index (χ2v) is 8.75. The van der Waals surface area contributed by atoms with Crippen LogP contribution in [-0.2, 0) is 0 Å². The Morgan fingerprint density at radius 3 is 2.22 bits per heavy atom. The lowest BCUT2D eigenvalue weighted by Gasteiger charge is -2.34. The number of fused-ring (bicyclic) bond motifs is 1. The van der Waals surface area contributed by atoms with Crippen LogP contribution in [0.15, 0.2) is 24.3 Å². The third-order valence-electron chi connectivity index (χ3n) is 5.57. The molecule has 1 aliphatic rings. The predicted octanol–water partition coefficient (Wildman–Crippen LogP) is 4.29. The van der Waals surface area contributed by atoms with Crippen molar-refractivity contribution in [2.24, 2.45) is 0 Å². The van der Waals surface area contributed by atoms with Gasteiger partial charge in [-0.2, -0.15) is 0 Å². The molecule has 0 unspecified atom stereocenters. The summed E-state index contributed by atoms with van der Waals surface area (Å²) in [7, 11) is 4.64. The molecule has 9 heteroatoms. The summed E-state index contributed by atoms with van der Waals surface area (Å²) in [4.78, 5) is 21.8. The number of hydrogen-bond donors (Lipinski definition) is 1. The van der Waals surface area contributed by atoms with Crippen LogP contribution < -0.4 is 24.4 Å². The molecule has 3 aromatic rings. The van der Waals surface area contributed by atoms with Crippen LogP contribution in [0.5, 0.6) is 17.2 Å². The van der Waals surface area contributed by atoms with Crippen molar-refractivity contribution in [3.05, 3.63) is 35.4 Å².